The molecule has 1 atom stereocenters. The van der Waals surface area contributed by atoms with Crippen LogP contribution in [-0.2, 0) is 20.7 Å². The molecule has 0 fully saturated rings. The third-order valence-corrected chi connectivity index (χ3v) is 4.71. The Labute approximate surface area is 182 Å². The van der Waals surface area contributed by atoms with Gasteiger partial charge in [-0.1, -0.05) is 18.2 Å². The highest BCUT2D eigenvalue weighted by atomic mass is 16.6. The first-order valence-electron chi connectivity index (χ1n) is 10.5. The number of benzene rings is 1. The fraction of sp³-hybridized carbons (Fsp3) is 0.500. The molecule has 1 aliphatic rings. The maximum atomic E-state index is 12.8. The van der Waals surface area contributed by atoms with Crippen molar-refractivity contribution in [3.8, 4) is 0 Å². The number of nitrogens with zero attached hydrogens (tertiary/aromatic N) is 5. The van der Waals surface area contributed by atoms with Crippen molar-refractivity contribution < 1.29 is 14.3 Å². The van der Waals surface area contributed by atoms with Crippen LogP contribution in [-0.4, -0.2) is 50.5 Å². The van der Waals surface area contributed by atoms with Crippen LogP contribution in [0, 0.1) is 0 Å². The molecule has 0 saturated heterocycles. The van der Waals surface area contributed by atoms with Crippen molar-refractivity contribution >= 4 is 23.3 Å². The van der Waals surface area contributed by atoms with Crippen LogP contribution in [0.25, 0.3) is 0 Å². The van der Waals surface area contributed by atoms with Crippen molar-refractivity contribution in [1.29, 1.82) is 0 Å². The van der Waals surface area contributed by atoms with Crippen LogP contribution in [0.4, 0.5) is 5.69 Å². The highest BCUT2D eigenvalue weighted by molar-refractivity contribution is 6.40. The number of carbonyl (C=O) groups excluding carboxylic acids is 2. The lowest BCUT2D eigenvalue weighted by atomic mass is 10.1. The zero-order valence-electron chi connectivity index (χ0n) is 18.7. The molecule has 1 N–H and O–H groups in total. The number of anilines is 1. The summed E-state index contributed by atoms with van der Waals surface area (Å²) in [6.45, 7) is 9.94. The van der Waals surface area contributed by atoms with E-state index in [0.29, 0.717) is 18.7 Å². The van der Waals surface area contributed by atoms with Crippen molar-refractivity contribution in [1.82, 2.24) is 20.1 Å². The van der Waals surface area contributed by atoms with Gasteiger partial charge in [-0.3, -0.25) is 9.80 Å². The van der Waals surface area contributed by atoms with E-state index < -0.39 is 17.6 Å². The van der Waals surface area contributed by atoms with Gasteiger partial charge in [-0.15, -0.1) is 10.2 Å². The zero-order chi connectivity index (χ0) is 22.6. The Hall–Kier alpha value is -3.23. The predicted octanol–water partition coefficient (Wildman–Crippen LogP) is 2.49. The molecule has 0 aliphatic carbocycles. The van der Waals surface area contributed by atoms with E-state index in [1.807, 2.05) is 69.5 Å². The van der Waals surface area contributed by atoms with Crippen LogP contribution in [0.5, 0.6) is 0 Å². The highest BCUT2D eigenvalue weighted by Gasteiger charge is 2.38. The number of ether oxygens (including phenoxy) is 1. The summed E-state index contributed by atoms with van der Waals surface area (Å²) in [6.07, 6.45) is 2.42. The molecular formula is C22H30N6O3. The van der Waals surface area contributed by atoms with Crippen LogP contribution in [0.1, 0.15) is 52.9 Å². The predicted molar refractivity (Wildman–Crippen MR) is 118 cm³/mol. The number of para-hydroxylation sites is 1. The van der Waals surface area contributed by atoms with Gasteiger partial charge in [0.25, 0.3) is 5.91 Å². The summed E-state index contributed by atoms with van der Waals surface area (Å²) in [5.74, 6) is 0.0942. The summed E-state index contributed by atoms with van der Waals surface area (Å²) in [6, 6.07) is 8.86. The quantitative estimate of drug-likeness (QED) is 0.683. The monoisotopic (exact) mass is 426 g/mol. The topological polar surface area (TPSA) is 102 Å². The van der Waals surface area contributed by atoms with E-state index in [1.54, 1.807) is 11.3 Å². The second-order valence-electron chi connectivity index (χ2n) is 8.73. The van der Waals surface area contributed by atoms with Crippen molar-refractivity contribution in [3.05, 3.63) is 42.5 Å². The van der Waals surface area contributed by atoms with E-state index in [0.717, 1.165) is 11.5 Å². The lowest BCUT2D eigenvalue weighted by molar-refractivity contribution is -0.156. The molecule has 2 aromatic rings. The number of hydrogen-bond donors (Lipinski definition) is 1. The summed E-state index contributed by atoms with van der Waals surface area (Å²) in [7, 11) is 0. The lowest BCUT2D eigenvalue weighted by Crippen LogP contribution is -2.40. The van der Waals surface area contributed by atoms with E-state index in [1.165, 1.54) is 0 Å². The number of aromatic nitrogens is 3. The number of amides is 1. The number of hydrazone groups is 1. The Morgan fingerprint density at radius 2 is 1.94 bits per heavy atom. The second kappa shape index (κ2) is 9.28. The molecule has 3 rings (SSSR count). The molecule has 1 aliphatic heterocycles. The molecule has 31 heavy (non-hydrogen) atoms. The lowest BCUT2D eigenvalue weighted by Gasteiger charge is -2.26. The van der Waals surface area contributed by atoms with Crippen molar-refractivity contribution in [2.24, 2.45) is 5.10 Å². The van der Waals surface area contributed by atoms with Crippen LogP contribution in [0.15, 0.2) is 41.8 Å². The third kappa shape index (κ3) is 5.68. The fourth-order valence-corrected chi connectivity index (χ4v) is 3.29. The summed E-state index contributed by atoms with van der Waals surface area (Å²) < 4.78 is 7.53. The number of carbonyl (C=O) groups is 2. The summed E-state index contributed by atoms with van der Waals surface area (Å²) in [5, 5.41) is 17.0. The Balaban J connectivity index is 1.69. The third-order valence-electron chi connectivity index (χ3n) is 4.71. The molecule has 9 nitrogen and oxygen atoms in total. The Morgan fingerprint density at radius 1 is 1.23 bits per heavy atom. The van der Waals surface area contributed by atoms with Gasteiger partial charge in [0.1, 0.15) is 23.5 Å². The van der Waals surface area contributed by atoms with E-state index in [4.69, 9.17) is 4.74 Å². The van der Waals surface area contributed by atoms with Crippen LogP contribution >= 0.6 is 0 Å². The molecule has 1 aromatic heterocycles. The molecule has 9 heteroatoms. The van der Waals surface area contributed by atoms with Crippen LogP contribution in [0.2, 0.25) is 0 Å². The largest absolute Gasteiger partial charge is 0.458 e. The zero-order valence-corrected chi connectivity index (χ0v) is 18.7. The van der Waals surface area contributed by atoms with Gasteiger partial charge in [-0.2, -0.15) is 5.10 Å². The van der Waals surface area contributed by atoms with E-state index >= 15 is 0 Å². The van der Waals surface area contributed by atoms with Gasteiger partial charge in [0.15, 0.2) is 6.04 Å². The molecule has 0 bridgehead atoms. The SMILES string of the molecule is CC(C)n1cnnc1CCNC(=O)C1=NN(c2ccccc2)[C@H](C(=O)OC(C)(C)C)C1. The number of rotatable bonds is 7. The van der Waals surface area contributed by atoms with Crippen molar-refractivity contribution in [3.63, 3.8) is 0 Å². The molecule has 0 unspecified atom stereocenters. The van der Waals surface area contributed by atoms with E-state index in [2.05, 4.69) is 20.6 Å². The first-order valence-corrected chi connectivity index (χ1v) is 10.5. The van der Waals surface area contributed by atoms with Gasteiger partial charge in [-0.25, -0.2) is 4.79 Å². The fourth-order valence-electron chi connectivity index (χ4n) is 3.29. The summed E-state index contributed by atoms with van der Waals surface area (Å²) in [5.41, 5.74) is 0.396. The summed E-state index contributed by atoms with van der Waals surface area (Å²) >= 11 is 0. The van der Waals surface area contributed by atoms with Gasteiger partial charge in [0, 0.05) is 25.4 Å². The van der Waals surface area contributed by atoms with Crippen molar-refractivity contribution in [2.45, 2.75) is 65.1 Å². The minimum absolute atomic E-state index is 0.178. The number of hydrogen-bond acceptors (Lipinski definition) is 7. The van der Waals surface area contributed by atoms with Gasteiger partial charge < -0.3 is 14.6 Å². The Kier molecular flexibility index (Phi) is 6.72. The van der Waals surface area contributed by atoms with Gasteiger partial charge in [0.05, 0.1) is 5.69 Å². The van der Waals surface area contributed by atoms with Gasteiger partial charge >= 0.3 is 5.97 Å². The second-order valence-corrected chi connectivity index (χ2v) is 8.73. The molecular weight excluding hydrogens is 396 g/mol. The maximum absolute atomic E-state index is 12.8. The Morgan fingerprint density at radius 3 is 2.58 bits per heavy atom. The average Bonchev–Trinajstić information content (AvgIpc) is 3.35. The van der Waals surface area contributed by atoms with E-state index in [-0.39, 0.29) is 18.4 Å². The van der Waals surface area contributed by atoms with Crippen LogP contribution < -0.4 is 10.3 Å². The molecule has 166 valence electrons. The number of esters is 1. The molecule has 2 heterocycles. The average molecular weight is 427 g/mol. The number of nitrogens with one attached hydrogen (secondary N) is 1. The molecule has 0 spiro atoms. The summed E-state index contributed by atoms with van der Waals surface area (Å²) in [4.78, 5) is 25.6. The molecule has 0 saturated carbocycles. The van der Waals surface area contributed by atoms with Crippen LogP contribution in [0.3, 0.4) is 0 Å². The minimum atomic E-state index is -0.689. The Bertz CT molecular complexity index is 946. The van der Waals surface area contributed by atoms with Gasteiger partial charge in [0.2, 0.25) is 0 Å². The van der Waals surface area contributed by atoms with Gasteiger partial charge in [-0.05, 0) is 46.8 Å². The molecule has 0 radical (unpaired) electrons. The molecule has 1 amide bonds. The maximum Gasteiger partial charge on any atom is 0.331 e. The standard InChI is InChI=1S/C22H30N6O3/c1-15(2)27-14-24-25-19(27)11-12-23-20(29)17-13-18(21(30)31-22(3,4)5)28(26-17)16-9-7-6-8-10-16/h6-10,14-15,18H,11-13H2,1-5H3,(H,23,29)/t18-/m0/s1. The first kappa shape index (κ1) is 22.5. The minimum Gasteiger partial charge on any atom is -0.458 e. The normalized spacial score (nSPS) is 16.4. The first-order chi connectivity index (χ1) is 14.7. The smallest absolute Gasteiger partial charge is 0.331 e. The van der Waals surface area contributed by atoms with E-state index in [9.17, 15) is 9.59 Å². The van der Waals surface area contributed by atoms with Crippen molar-refractivity contribution in [2.75, 3.05) is 11.6 Å². The highest BCUT2D eigenvalue weighted by Crippen LogP contribution is 2.26. The molecule has 1 aromatic carbocycles.